The quantitative estimate of drug-likeness (QED) is 0.731. The summed E-state index contributed by atoms with van der Waals surface area (Å²) in [5.41, 5.74) is 1.09. The summed E-state index contributed by atoms with van der Waals surface area (Å²) in [4.78, 5) is 2.32. The maximum atomic E-state index is 5.78. The molecular formula is C11H17N3O. The molecule has 0 amide bonds. The minimum Gasteiger partial charge on any atom is -0.473 e. The van der Waals surface area contributed by atoms with Crippen LogP contribution in [0.5, 0.6) is 5.88 Å². The number of ether oxygens (including phenoxy) is 1. The van der Waals surface area contributed by atoms with Crippen molar-refractivity contribution in [1.29, 1.82) is 0 Å². The van der Waals surface area contributed by atoms with Gasteiger partial charge in [-0.05, 0) is 32.4 Å². The van der Waals surface area contributed by atoms with Gasteiger partial charge in [-0.2, -0.15) is 5.10 Å². The van der Waals surface area contributed by atoms with E-state index in [0.717, 1.165) is 31.5 Å². The van der Waals surface area contributed by atoms with E-state index in [2.05, 4.69) is 22.1 Å². The first-order valence-corrected chi connectivity index (χ1v) is 5.38. The van der Waals surface area contributed by atoms with Crippen LogP contribution in [0.2, 0.25) is 0 Å². The third kappa shape index (κ3) is 2.89. The van der Waals surface area contributed by atoms with Crippen molar-refractivity contribution < 1.29 is 4.74 Å². The van der Waals surface area contributed by atoms with Crippen LogP contribution < -0.4 is 4.74 Å². The smallest absolute Gasteiger partial charge is 0.233 e. The Hall–Kier alpha value is -1.16. The van der Waals surface area contributed by atoms with Crippen molar-refractivity contribution in [3.63, 3.8) is 0 Å². The van der Waals surface area contributed by atoms with Crippen LogP contribution in [0, 0.1) is 6.92 Å². The van der Waals surface area contributed by atoms with Crippen molar-refractivity contribution in [3.8, 4) is 5.88 Å². The minimum absolute atomic E-state index is 0.303. The Kier molecular flexibility index (Phi) is 3.16. The lowest BCUT2D eigenvalue weighted by molar-refractivity contribution is 0.109. The molecule has 0 unspecified atom stereocenters. The number of piperidine rings is 1. The van der Waals surface area contributed by atoms with E-state index >= 15 is 0 Å². The molecule has 1 aliphatic rings. The predicted octanol–water partition coefficient (Wildman–Crippen LogP) is 1.26. The molecule has 2 rings (SSSR count). The number of hydrogen-bond acceptors (Lipinski definition) is 4. The molecule has 4 nitrogen and oxygen atoms in total. The number of likely N-dealkylation sites (tertiary alicyclic amines) is 1. The Labute approximate surface area is 90.3 Å². The van der Waals surface area contributed by atoms with Gasteiger partial charge < -0.3 is 9.64 Å². The number of aryl methyl sites for hydroxylation is 1. The second kappa shape index (κ2) is 4.57. The molecule has 1 aromatic rings. The van der Waals surface area contributed by atoms with E-state index < -0.39 is 0 Å². The SMILES string of the molecule is Cc1cnnc(OC2CCN(C)CC2)c1. The van der Waals surface area contributed by atoms with Gasteiger partial charge in [0.2, 0.25) is 5.88 Å². The molecule has 82 valence electrons. The van der Waals surface area contributed by atoms with Crippen molar-refractivity contribution in [2.24, 2.45) is 0 Å². The summed E-state index contributed by atoms with van der Waals surface area (Å²) < 4.78 is 5.78. The van der Waals surface area contributed by atoms with Gasteiger partial charge in [0.05, 0.1) is 6.20 Å². The second-order valence-electron chi connectivity index (χ2n) is 4.19. The van der Waals surface area contributed by atoms with Crippen LogP contribution in [-0.4, -0.2) is 41.3 Å². The third-order valence-corrected chi connectivity index (χ3v) is 2.72. The molecule has 1 aliphatic heterocycles. The molecule has 0 radical (unpaired) electrons. The number of nitrogens with zero attached hydrogens (tertiary/aromatic N) is 3. The molecule has 4 heteroatoms. The summed E-state index contributed by atoms with van der Waals surface area (Å²) in [6, 6.07) is 1.94. The first kappa shape index (κ1) is 10.4. The molecule has 0 aromatic carbocycles. The summed E-state index contributed by atoms with van der Waals surface area (Å²) in [5, 5.41) is 7.85. The van der Waals surface area contributed by atoms with Gasteiger partial charge >= 0.3 is 0 Å². The van der Waals surface area contributed by atoms with Crippen LogP contribution in [-0.2, 0) is 0 Å². The zero-order valence-electron chi connectivity index (χ0n) is 9.31. The standard InChI is InChI=1S/C11H17N3O/c1-9-7-11(13-12-8-9)15-10-3-5-14(2)6-4-10/h7-8,10H,3-6H2,1-2H3. The summed E-state index contributed by atoms with van der Waals surface area (Å²) in [5.74, 6) is 0.657. The summed E-state index contributed by atoms with van der Waals surface area (Å²) in [6.45, 7) is 4.20. The zero-order chi connectivity index (χ0) is 10.7. The van der Waals surface area contributed by atoms with Crippen molar-refractivity contribution >= 4 is 0 Å². The van der Waals surface area contributed by atoms with E-state index in [-0.39, 0.29) is 0 Å². The van der Waals surface area contributed by atoms with Crippen LogP contribution in [0.3, 0.4) is 0 Å². The zero-order valence-corrected chi connectivity index (χ0v) is 9.31. The predicted molar refractivity (Wildman–Crippen MR) is 57.9 cm³/mol. The van der Waals surface area contributed by atoms with Gasteiger partial charge in [-0.15, -0.1) is 5.10 Å². The van der Waals surface area contributed by atoms with Gasteiger partial charge in [0.15, 0.2) is 0 Å². The molecule has 1 fully saturated rings. The lowest BCUT2D eigenvalue weighted by Gasteiger charge is -2.28. The largest absolute Gasteiger partial charge is 0.473 e. The molecule has 2 heterocycles. The third-order valence-electron chi connectivity index (χ3n) is 2.72. The normalized spacial score (nSPS) is 19.1. The highest BCUT2D eigenvalue weighted by Crippen LogP contribution is 2.16. The Morgan fingerprint density at radius 3 is 2.80 bits per heavy atom. The van der Waals surface area contributed by atoms with E-state index in [1.165, 1.54) is 0 Å². The van der Waals surface area contributed by atoms with E-state index in [4.69, 9.17) is 4.74 Å². The van der Waals surface area contributed by atoms with Gasteiger partial charge in [-0.25, -0.2) is 0 Å². The topological polar surface area (TPSA) is 38.3 Å². The highest BCUT2D eigenvalue weighted by molar-refractivity contribution is 5.15. The van der Waals surface area contributed by atoms with Crippen LogP contribution in [0.15, 0.2) is 12.3 Å². The fraction of sp³-hybridized carbons (Fsp3) is 0.636. The Balaban J connectivity index is 1.92. The average Bonchev–Trinajstić information content (AvgIpc) is 2.22. The fourth-order valence-corrected chi connectivity index (χ4v) is 1.77. The highest BCUT2D eigenvalue weighted by atomic mass is 16.5. The summed E-state index contributed by atoms with van der Waals surface area (Å²) in [7, 11) is 2.14. The van der Waals surface area contributed by atoms with Crippen LogP contribution in [0.25, 0.3) is 0 Å². The maximum Gasteiger partial charge on any atom is 0.233 e. The van der Waals surface area contributed by atoms with Gasteiger partial charge in [0.1, 0.15) is 6.10 Å². The average molecular weight is 207 g/mol. The van der Waals surface area contributed by atoms with Crippen LogP contribution >= 0.6 is 0 Å². The molecule has 0 bridgehead atoms. The molecule has 15 heavy (non-hydrogen) atoms. The van der Waals surface area contributed by atoms with E-state index in [0.29, 0.717) is 12.0 Å². The first-order valence-electron chi connectivity index (χ1n) is 5.38. The van der Waals surface area contributed by atoms with E-state index in [1.54, 1.807) is 6.20 Å². The number of hydrogen-bond donors (Lipinski definition) is 0. The number of aromatic nitrogens is 2. The molecule has 1 aromatic heterocycles. The van der Waals surface area contributed by atoms with Crippen molar-refractivity contribution in [3.05, 3.63) is 17.8 Å². The Bertz CT molecular complexity index is 321. The van der Waals surface area contributed by atoms with Crippen molar-refractivity contribution in [1.82, 2.24) is 15.1 Å². The summed E-state index contributed by atoms with van der Waals surface area (Å²) in [6.07, 6.45) is 4.19. The molecule has 0 atom stereocenters. The summed E-state index contributed by atoms with van der Waals surface area (Å²) >= 11 is 0. The number of rotatable bonds is 2. The maximum absolute atomic E-state index is 5.78. The Morgan fingerprint density at radius 2 is 2.13 bits per heavy atom. The van der Waals surface area contributed by atoms with Crippen molar-refractivity contribution in [2.45, 2.75) is 25.9 Å². The van der Waals surface area contributed by atoms with E-state index in [9.17, 15) is 0 Å². The molecular weight excluding hydrogens is 190 g/mol. The minimum atomic E-state index is 0.303. The lowest BCUT2D eigenvalue weighted by Crippen LogP contribution is -2.35. The lowest BCUT2D eigenvalue weighted by atomic mass is 10.1. The molecule has 0 N–H and O–H groups in total. The van der Waals surface area contributed by atoms with Crippen LogP contribution in [0.1, 0.15) is 18.4 Å². The van der Waals surface area contributed by atoms with Gasteiger partial charge in [-0.3, -0.25) is 0 Å². The van der Waals surface area contributed by atoms with Gasteiger partial charge in [0, 0.05) is 19.2 Å². The second-order valence-corrected chi connectivity index (χ2v) is 4.19. The van der Waals surface area contributed by atoms with Gasteiger partial charge in [0.25, 0.3) is 0 Å². The molecule has 0 spiro atoms. The Morgan fingerprint density at radius 1 is 1.40 bits per heavy atom. The monoisotopic (exact) mass is 207 g/mol. The molecule has 0 saturated carbocycles. The molecule has 0 aliphatic carbocycles. The fourth-order valence-electron chi connectivity index (χ4n) is 1.77. The first-order chi connectivity index (χ1) is 7.24. The molecule has 1 saturated heterocycles. The van der Waals surface area contributed by atoms with E-state index in [1.807, 2.05) is 13.0 Å². The van der Waals surface area contributed by atoms with Gasteiger partial charge in [-0.1, -0.05) is 0 Å². The highest BCUT2D eigenvalue weighted by Gasteiger charge is 2.18. The van der Waals surface area contributed by atoms with Crippen molar-refractivity contribution in [2.75, 3.05) is 20.1 Å². The van der Waals surface area contributed by atoms with Crippen LogP contribution in [0.4, 0.5) is 0 Å².